The Morgan fingerprint density at radius 3 is 2.26 bits per heavy atom. The molecule has 2 fully saturated rings. The minimum Gasteiger partial charge on any atom is -0.351 e. The van der Waals surface area contributed by atoms with Crippen molar-refractivity contribution < 1.29 is 18.4 Å². The molecule has 1 spiro atoms. The van der Waals surface area contributed by atoms with Crippen LogP contribution in [0.15, 0.2) is 30.3 Å². The predicted molar refractivity (Wildman–Crippen MR) is 163 cm³/mol. The highest BCUT2D eigenvalue weighted by molar-refractivity contribution is 6.31. The first kappa shape index (κ1) is 30.9. The van der Waals surface area contributed by atoms with Crippen LogP contribution < -0.4 is 5.32 Å². The number of hydrogen-bond acceptors (Lipinski definition) is 3. The quantitative estimate of drug-likeness (QED) is 0.425. The second kappa shape index (κ2) is 10.9. The molecule has 0 radical (unpaired) electrons. The lowest BCUT2D eigenvalue weighted by Crippen LogP contribution is -2.49. The summed E-state index contributed by atoms with van der Waals surface area (Å²) in [5.74, 6) is -1.84. The molecule has 1 aliphatic carbocycles. The monoisotopic (exact) mass is 599 g/mol. The van der Waals surface area contributed by atoms with Crippen molar-refractivity contribution in [2.75, 3.05) is 26.2 Å². The number of aryl methyl sites for hydroxylation is 1. The molecule has 5 rings (SSSR count). The number of carbonyl (C=O) groups is 2. The van der Waals surface area contributed by atoms with E-state index in [4.69, 9.17) is 11.6 Å². The van der Waals surface area contributed by atoms with Crippen LogP contribution in [0, 0.1) is 24.5 Å². The minimum absolute atomic E-state index is 0.0422. The summed E-state index contributed by atoms with van der Waals surface area (Å²) in [4.78, 5) is 30.4. The van der Waals surface area contributed by atoms with Crippen LogP contribution in [-0.4, -0.2) is 58.9 Å². The molecule has 0 aromatic heterocycles. The van der Waals surface area contributed by atoms with Crippen molar-refractivity contribution in [3.05, 3.63) is 69.2 Å². The van der Waals surface area contributed by atoms with E-state index in [1.54, 1.807) is 6.92 Å². The van der Waals surface area contributed by atoms with Crippen LogP contribution in [0.3, 0.4) is 0 Å². The van der Waals surface area contributed by atoms with Gasteiger partial charge in [0.15, 0.2) is 0 Å². The van der Waals surface area contributed by atoms with Crippen LogP contribution in [0.1, 0.15) is 94.9 Å². The molecule has 2 saturated heterocycles. The summed E-state index contributed by atoms with van der Waals surface area (Å²) >= 11 is 6.66. The maximum absolute atomic E-state index is 15.0. The summed E-state index contributed by atoms with van der Waals surface area (Å²) in [6.45, 7) is 16.3. The van der Waals surface area contributed by atoms with E-state index in [0.717, 1.165) is 35.9 Å². The van der Waals surface area contributed by atoms with Crippen LogP contribution in [0.5, 0.6) is 0 Å². The van der Waals surface area contributed by atoms with Gasteiger partial charge in [0.1, 0.15) is 11.6 Å². The third kappa shape index (κ3) is 5.59. The van der Waals surface area contributed by atoms with Crippen molar-refractivity contribution in [1.29, 1.82) is 0 Å². The molecule has 3 aliphatic rings. The summed E-state index contributed by atoms with van der Waals surface area (Å²) in [6.07, 6.45) is 2.47. The Morgan fingerprint density at radius 2 is 1.67 bits per heavy atom. The van der Waals surface area contributed by atoms with Crippen LogP contribution in [0.25, 0.3) is 0 Å². The summed E-state index contributed by atoms with van der Waals surface area (Å²) in [6, 6.07) is 8.00. The molecule has 0 saturated carbocycles. The normalized spacial score (nSPS) is 24.2. The number of rotatable bonds is 4. The molecule has 2 aromatic rings. The Morgan fingerprint density at radius 1 is 1.00 bits per heavy atom. The third-order valence-electron chi connectivity index (χ3n) is 10.2. The number of nitrogens with zero attached hydrogens (tertiary/aromatic N) is 2. The third-order valence-corrected chi connectivity index (χ3v) is 10.6. The minimum atomic E-state index is -0.613. The van der Waals surface area contributed by atoms with Gasteiger partial charge in [-0.3, -0.25) is 14.5 Å². The lowest BCUT2D eigenvalue weighted by molar-refractivity contribution is -0.137. The second-order valence-corrected chi connectivity index (χ2v) is 14.8. The van der Waals surface area contributed by atoms with Gasteiger partial charge in [0.05, 0.1) is 5.92 Å². The van der Waals surface area contributed by atoms with Crippen LogP contribution >= 0.6 is 11.6 Å². The smallest absolute Gasteiger partial charge is 0.227 e. The molecule has 2 heterocycles. The van der Waals surface area contributed by atoms with Gasteiger partial charge >= 0.3 is 0 Å². The van der Waals surface area contributed by atoms with Gasteiger partial charge in [0, 0.05) is 67.1 Å². The Hall–Kier alpha value is -2.51. The molecule has 0 unspecified atom stereocenters. The van der Waals surface area contributed by atoms with Crippen molar-refractivity contribution in [3.8, 4) is 0 Å². The molecule has 228 valence electrons. The SMILES string of the molecule is CC(=O)NC(C)(C)[C@H]1CC2(CCN(C(=O)[C@H]3CN(C(C)(C)C)C[C@@H]3c3ccc(F)cc3F)CC2)c2cc(Cl)c(C)cc21. The first-order valence-electron chi connectivity index (χ1n) is 15.1. The van der Waals surface area contributed by atoms with Crippen molar-refractivity contribution in [2.24, 2.45) is 5.92 Å². The summed E-state index contributed by atoms with van der Waals surface area (Å²) < 4.78 is 28.8. The summed E-state index contributed by atoms with van der Waals surface area (Å²) in [7, 11) is 0. The Labute approximate surface area is 254 Å². The fourth-order valence-corrected chi connectivity index (χ4v) is 7.99. The molecule has 42 heavy (non-hydrogen) atoms. The van der Waals surface area contributed by atoms with E-state index in [1.165, 1.54) is 23.3 Å². The van der Waals surface area contributed by atoms with Crippen molar-refractivity contribution >= 4 is 23.4 Å². The molecule has 5 nitrogen and oxygen atoms in total. The molecule has 3 atom stereocenters. The zero-order chi connectivity index (χ0) is 30.8. The number of halogens is 3. The molecule has 2 aromatic carbocycles. The molecule has 8 heteroatoms. The standard InChI is InChI=1S/C34H44ClF2N3O2/c1-20-14-24-27(16-29(20)35)34(17-28(24)33(6,7)38-21(2)41)10-12-39(13-11-34)31(42)26-19-40(32(3,4)5)18-25(26)23-9-8-22(36)15-30(23)37/h8-9,14-16,25-26,28H,10-13,17-19H2,1-7H3,(H,38,41)/t25-,26+,28+/m1/s1. The summed E-state index contributed by atoms with van der Waals surface area (Å²) in [5.41, 5.74) is 3.14. The average Bonchev–Trinajstić information content (AvgIpc) is 3.45. The van der Waals surface area contributed by atoms with Gasteiger partial charge in [-0.05, 0) is 101 Å². The van der Waals surface area contributed by atoms with Gasteiger partial charge in [-0.2, -0.15) is 0 Å². The number of amides is 2. The Kier molecular flexibility index (Phi) is 8.02. The predicted octanol–water partition coefficient (Wildman–Crippen LogP) is 6.70. The highest BCUT2D eigenvalue weighted by Crippen LogP contribution is 2.56. The largest absolute Gasteiger partial charge is 0.351 e. The molecule has 0 bridgehead atoms. The van der Waals surface area contributed by atoms with E-state index in [9.17, 15) is 18.4 Å². The fourth-order valence-electron chi connectivity index (χ4n) is 7.83. The highest BCUT2D eigenvalue weighted by atomic mass is 35.5. The van der Waals surface area contributed by atoms with E-state index < -0.39 is 23.1 Å². The van der Waals surface area contributed by atoms with Gasteiger partial charge in [-0.25, -0.2) is 8.78 Å². The van der Waals surface area contributed by atoms with Crippen molar-refractivity contribution in [2.45, 2.75) is 96.1 Å². The first-order valence-corrected chi connectivity index (χ1v) is 15.5. The maximum Gasteiger partial charge on any atom is 0.227 e. The molecular formula is C34H44ClF2N3O2. The molecular weight excluding hydrogens is 556 g/mol. The lowest BCUT2D eigenvalue weighted by Gasteiger charge is -2.42. The van der Waals surface area contributed by atoms with E-state index >= 15 is 0 Å². The average molecular weight is 600 g/mol. The van der Waals surface area contributed by atoms with E-state index in [-0.39, 0.29) is 34.6 Å². The zero-order valence-corrected chi connectivity index (χ0v) is 26.7. The van der Waals surface area contributed by atoms with Gasteiger partial charge in [0.25, 0.3) is 0 Å². The number of fused-ring (bicyclic) bond motifs is 2. The Bertz CT molecular complexity index is 1390. The molecule has 2 amide bonds. The van der Waals surface area contributed by atoms with Crippen LogP contribution in [0.2, 0.25) is 5.02 Å². The summed E-state index contributed by atoms with van der Waals surface area (Å²) in [5, 5.41) is 3.91. The number of benzene rings is 2. The van der Waals surface area contributed by atoms with Gasteiger partial charge in [-0.15, -0.1) is 0 Å². The fraction of sp³-hybridized carbons (Fsp3) is 0.588. The Balaban J connectivity index is 1.40. The lowest BCUT2D eigenvalue weighted by atomic mass is 9.71. The number of likely N-dealkylation sites (tertiary alicyclic amines) is 2. The number of hydrogen-bond donors (Lipinski definition) is 1. The zero-order valence-electron chi connectivity index (χ0n) is 25.9. The van der Waals surface area contributed by atoms with Gasteiger partial charge in [0.2, 0.25) is 11.8 Å². The second-order valence-electron chi connectivity index (χ2n) is 14.4. The number of piperidine rings is 1. The van der Waals surface area contributed by atoms with E-state index in [2.05, 4.69) is 57.0 Å². The molecule has 1 N–H and O–H groups in total. The number of nitrogens with one attached hydrogen (secondary N) is 1. The van der Waals surface area contributed by atoms with Gasteiger partial charge < -0.3 is 10.2 Å². The molecule has 2 aliphatic heterocycles. The van der Waals surface area contributed by atoms with Crippen LogP contribution in [-0.2, 0) is 15.0 Å². The van der Waals surface area contributed by atoms with Crippen molar-refractivity contribution in [3.63, 3.8) is 0 Å². The van der Waals surface area contributed by atoms with Crippen LogP contribution in [0.4, 0.5) is 8.78 Å². The number of carbonyl (C=O) groups excluding carboxylic acids is 2. The highest BCUT2D eigenvalue weighted by Gasteiger charge is 2.52. The first-order chi connectivity index (χ1) is 19.5. The van der Waals surface area contributed by atoms with E-state index in [0.29, 0.717) is 31.7 Å². The van der Waals surface area contributed by atoms with E-state index in [1.807, 2.05) is 11.8 Å². The van der Waals surface area contributed by atoms with Gasteiger partial charge in [-0.1, -0.05) is 23.7 Å². The topological polar surface area (TPSA) is 52.7 Å². The maximum atomic E-state index is 15.0. The van der Waals surface area contributed by atoms with Crippen molar-refractivity contribution in [1.82, 2.24) is 15.1 Å².